The van der Waals surface area contributed by atoms with E-state index in [0.717, 1.165) is 36.3 Å². The zero-order chi connectivity index (χ0) is 14.8. The topological polar surface area (TPSA) is 46.8 Å². The van der Waals surface area contributed by atoms with E-state index in [9.17, 15) is 4.79 Å². The maximum absolute atomic E-state index is 12.0. The van der Waals surface area contributed by atoms with Crippen LogP contribution in [0.2, 0.25) is 0 Å². The van der Waals surface area contributed by atoms with E-state index in [1.165, 1.54) is 0 Å². The molecule has 0 bridgehead atoms. The quantitative estimate of drug-likeness (QED) is 0.809. The van der Waals surface area contributed by atoms with E-state index in [1.54, 1.807) is 0 Å². The van der Waals surface area contributed by atoms with E-state index in [0.29, 0.717) is 13.2 Å². The Morgan fingerprint density at radius 3 is 3.14 bits per heavy atom. The maximum atomic E-state index is 12.0. The first-order valence-corrected chi connectivity index (χ1v) is 7.53. The van der Waals surface area contributed by atoms with E-state index in [1.807, 2.05) is 29.8 Å². The third-order valence-corrected chi connectivity index (χ3v) is 4.02. The van der Waals surface area contributed by atoms with Crippen LogP contribution in [0.4, 0.5) is 0 Å². The van der Waals surface area contributed by atoms with Crippen LogP contribution in [0.1, 0.15) is 31.0 Å². The molecule has 1 unspecified atom stereocenters. The summed E-state index contributed by atoms with van der Waals surface area (Å²) in [6.45, 7) is 5.98. The fraction of sp³-hybridized carbons (Fsp3) is 0.500. The van der Waals surface area contributed by atoms with Gasteiger partial charge in [0.05, 0.1) is 12.3 Å². The molecule has 1 atom stereocenters. The summed E-state index contributed by atoms with van der Waals surface area (Å²) in [6.07, 6.45) is 5.97. The zero-order valence-corrected chi connectivity index (χ0v) is 12.6. The molecule has 5 nitrogen and oxygen atoms in total. The fourth-order valence-corrected chi connectivity index (χ4v) is 3.01. The van der Waals surface area contributed by atoms with Crippen LogP contribution in [0.5, 0.6) is 0 Å². The van der Waals surface area contributed by atoms with Gasteiger partial charge in [-0.05, 0) is 44.9 Å². The van der Waals surface area contributed by atoms with Gasteiger partial charge < -0.3 is 9.14 Å². The summed E-state index contributed by atoms with van der Waals surface area (Å²) in [5, 5.41) is 0. The molecule has 0 radical (unpaired) electrons. The molecule has 2 aromatic heterocycles. The fourth-order valence-electron chi connectivity index (χ4n) is 3.01. The van der Waals surface area contributed by atoms with Crippen molar-refractivity contribution in [2.75, 3.05) is 13.2 Å². The number of nitrogens with zero attached hydrogens (tertiary/aromatic N) is 3. The third kappa shape index (κ3) is 2.78. The second kappa shape index (κ2) is 5.85. The number of fused-ring (bicyclic) bond motifs is 1. The molecule has 1 fully saturated rings. The molecule has 0 spiro atoms. The van der Waals surface area contributed by atoms with Crippen LogP contribution < -0.4 is 0 Å². The number of aryl methyl sites for hydroxylation is 1. The Bertz CT molecular complexity index is 650. The second-order valence-electron chi connectivity index (χ2n) is 5.53. The molecule has 1 aliphatic rings. The van der Waals surface area contributed by atoms with E-state index in [4.69, 9.17) is 4.74 Å². The Hall–Kier alpha value is -1.88. The molecule has 112 valence electrons. The number of esters is 1. The molecule has 2 aromatic rings. The third-order valence-electron chi connectivity index (χ3n) is 4.02. The minimum Gasteiger partial charge on any atom is -0.465 e. The standard InChI is InChI=1S/C16H21N3O2/c1-3-21-16(20)14-7-5-8-18(14)10-13-11-19-9-4-6-12(2)15(19)17-13/h4,6,9,11,14H,3,5,7-8,10H2,1-2H3. The number of aromatic nitrogens is 2. The van der Waals surface area contributed by atoms with Crippen LogP contribution in [0, 0.1) is 6.92 Å². The molecular weight excluding hydrogens is 266 g/mol. The number of imidazole rings is 1. The molecule has 0 saturated carbocycles. The highest BCUT2D eigenvalue weighted by Crippen LogP contribution is 2.21. The number of likely N-dealkylation sites (tertiary alicyclic amines) is 1. The van der Waals surface area contributed by atoms with Gasteiger partial charge in [0.25, 0.3) is 0 Å². The number of carbonyl (C=O) groups is 1. The maximum Gasteiger partial charge on any atom is 0.323 e. The molecule has 0 aromatic carbocycles. The van der Waals surface area contributed by atoms with Crippen molar-refractivity contribution in [1.29, 1.82) is 0 Å². The van der Waals surface area contributed by atoms with Crippen molar-refractivity contribution >= 4 is 11.6 Å². The lowest BCUT2D eigenvalue weighted by Crippen LogP contribution is -2.36. The van der Waals surface area contributed by atoms with Gasteiger partial charge in [0.15, 0.2) is 0 Å². The molecule has 0 aliphatic carbocycles. The molecule has 0 N–H and O–H groups in total. The van der Waals surface area contributed by atoms with Gasteiger partial charge in [-0.1, -0.05) is 6.07 Å². The van der Waals surface area contributed by atoms with Gasteiger partial charge in [0.1, 0.15) is 11.7 Å². The highest BCUT2D eigenvalue weighted by Gasteiger charge is 2.32. The highest BCUT2D eigenvalue weighted by molar-refractivity contribution is 5.76. The Balaban J connectivity index is 1.78. The summed E-state index contributed by atoms with van der Waals surface area (Å²) in [5.41, 5.74) is 3.15. The number of rotatable bonds is 4. The zero-order valence-electron chi connectivity index (χ0n) is 12.6. The van der Waals surface area contributed by atoms with Crippen molar-refractivity contribution in [2.24, 2.45) is 0 Å². The predicted octanol–water partition coefficient (Wildman–Crippen LogP) is 2.17. The number of hydrogen-bond donors (Lipinski definition) is 0. The highest BCUT2D eigenvalue weighted by atomic mass is 16.5. The van der Waals surface area contributed by atoms with Gasteiger partial charge in [0.2, 0.25) is 0 Å². The lowest BCUT2D eigenvalue weighted by atomic mass is 10.2. The number of carbonyl (C=O) groups excluding carboxylic acids is 1. The Labute approximate surface area is 124 Å². The predicted molar refractivity (Wildman–Crippen MR) is 80.0 cm³/mol. The van der Waals surface area contributed by atoms with Crippen LogP contribution in [0.25, 0.3) is 5.65 Å². The molecule has 1 saturated heterocycles. The van der Waals surface area contributed by atoms with Crippen molar-refractivity contribution in [2.45, 2.75) is 39.3 Å². The average molecular weight is 287 g/mol. The van der Waals surface area contributed by atoms with Crippen molar-refractivity contribution < 1.29 is 9.53 Å². The first-order chi connectivity index (χ1) is 10.2. The summed E-state index contributed by atoms with van der Waals surface area (Å²) in [6, 6.07) is 3.96. The number of hydrogen-bond acceptors (Lipinski definition) is 4. The lowest BCUT2D eigenvalue weighted by Gasteiger charge is -2.21. The van der Waals surface area contributed by atoms with Gasteiger partial charge in [-0.15, -0.1) is 0 Å². The normalized spacial score (nSPS) is 19.2. The van der Waals surface area contributed by atoms with E-state index < -0.39 is 0 Å². The minimum atomic E-state index is -0.115. The van der Waals surface area contributed by atoms with Gasteiger partial charge in [-0.25, -0.2) is 4.98 Å². The number of ether oxygens (including phenoxy) is 1. The molecule has 0 amide bonds. The summed E-state index contributed by atoms with van der Waals surface area (Å²) in [5.74, 6) is -0.102. The van der Waals surface area contributed by atoms with Crippen LogP contribution in [0.3, 0.4) is 0 Å². The summed E-state index contributed by atoms with van der Waals surface area (Å²) in [4.78, 5) is 18.8. The van der Waals surface area contributed by atoms with Crippen molar-refractivity contribution in [3.63, 3.8) is 0 Å². The summed E-state index contributed by atoms with van der Waals surface area (Å²) in [7, 11) is 0. The molecular formula is C16H21N3O2. The summed E-state index contributed by atoms with van der Waals surface area (Å²) >= 11 is 0. The van der Waals surface area contributed by atoms with Gasteiger partial charge >= 0.3 is 5.97 Å². The molecule has 3 rings (SSSR count). The van der Waals surface area contributed by atoms with Crippen molar-refractivity contribution in [1.82, 2.24) is 14.3 Å². The summed E-state index contributed by atoms with van der Waals surface area (Å²) < 4.78 is 7.21. The van der Waals surface area contributed by atoms with Crippen LogP contribution >= 0.6 is 0 Å². The molecule has 21 heavy (non-hydrogen) atoms. The van der Waals surface area contributed by atoms with Crippen LogP contribution in [-0.2, 0) is 16.1 Å². The molecule has 3 heterocycles. The molecule has 1 aliphatic heterocycles. The first kappa shape index (κ1) is 14.1. The van der Waals surface area contributed by atoms with Gasteiger partial charge in [-0.2, -0.15) is 0 Å². The largest absolute Gasteiger partial charge is 0.465 e. The monoisotopic (exact) mass is 287 g/mol. The lowest BCUT2D eigenvalue weighted by molar-refractivity contribution is -0.148. The van der Waals surface area contributed by atoms with Crippen LogP contribution in [0.15, 0.2) is 24.5 Å². The minimum absolute atomic E-state index is 0.102. The smallest absolute Gasteiger partial charge is 0.323 e. The average Bonchev–Trinajstić information content (AvgIpc) is 3.06. The van der Waals surface area contributed by atoms with Gasteiger partial charge in [0, 0.05) is 18.9 Å². The van der Waals surface area contributed by atoms with E-state index in [-0.39, 0.29) is 12.0 Å². The second-order valence-corrected chi connectivity index (χ2v) is 5.53. The Kier molecular flexibility index (Phi) is 3.92. The van der Waals surface area contributed by atoms with Gasteiger partial charge in [-0.3, -0.25) is 9.69 Å². The van der Waals surface area contributed by atoms with E-state index in [2.05, 4.69) is 22.9 Å². The first-order valence-electron chi connectivity index (χ1n) is 7.53. The van der Waals surface area contributed by atoms with E-state index >= 15 is 0 Å². The Morgan fingerprint density at radius 2 is 2.38 bits per heavy atom. The number of pyridine rings is 1. The Morgan fingerprint density at radius 1 is 1.52 bits per heavy atom. The van der Waals surface area contributed by atoms with Crippen LogP contribution in [-0.4, -0.2) is 39.4 Å². The molecule has 5 heteroatoms. The van der Waals surface area contributed by atoms with Crippen molar-refractivity contribution in [3.05, 3.63) is 35.8 Å². The van der Waals surface area contributed by atoms with Crippen molar-refractivity contribution in [3.8, 4) is 0 Å². The SMILES string of the molecule is CCOC(=O)C1CCCN1Cc1cn2cccc(C)c2n1.